The minimum absolute atomic E-state index is 0.138. The van der Waals surface area contributed by atoms with Gasteiger partial charge in [0.25, 0.3) is 11.8 Å². The fourth-order valence-corrected chi connectivity index (χ4v) is 5.06. The molecule has 182 valence electrons. The van der Waals surface area contributed by atoms with E-state index >= 15 is 8.78 Å². The molecule has 2 heterocycles. The zero-order valence-corrected chi connectivity index (χ0v) is 21.0. The number of amides is 4. The van der Waals surface area contributed by atoms with Crippen molar-refractivity contribution in [2.24, 2.45) is 0 Å². The van der Waals surface area contributed by atoms with E-state index in [4.69, 9.17) is 11.6 Å². The van der Waals surface area contributed by atoms with Gasteiger partial charge < -0.3 is 9.71 Å². The molecule has 1 saturated heterocycles. The third-order valence-corrected chi connectivity index (χ3v) is 7.40. The van der Waals surface area contributed by atoms with Crippen molar-refractivity contribution >= 4 is 72.2 Å². The zero-order chi connectivity index (χ0) is 26.5. The highest BCUT2D eigenvalue weighted by Crippen LogP contribution is 2.37. The van der Waals surface area contributed by atoms with Gasteiger partial charge in [0.2, 0.25) is 19.8 Å². The summed E-state index contributed by atoms with van der Waals surface area (Å²) in [6.45, 7) is 0. The van der Waals surface area contributed by atoms with Gasteiger partial charge in [0, 0.05) is 34.5 Å². The van der Waals surface area contributed by atoms with E-state index in [1.807, 2.05) is 0 Å². The van der Waals surface area contributed by atoms with Crippen LogP contribution in [0.1, 0.15) is 51.8 Å². The Kier molecular flexibility index (Phi) is 6.81. The molecule has 2 aromatic carbocycles. The highest BCUT2D eigenvalue weighted by atomic mass is 35.5. The molecule has 0 saturated carbocycles. The number of nitrogens with zero attached hydrogens (tertiary/aromatic N) is 2. The summed E-state index contributed by atoms with van der Waals surface area (Å²) in [6, 6.07) is 7.49. The summed E-state index contributed by atoms with van der Waals surface area (Å²) in [7, 11) is 6.48. The maximum Gasteiger partial charge on any atom is 0.348 e. The summed E-state index contributed by atoms with van der Waals surface area (Å²) >= 11 is 5.79. The van der Waals surface area contributed by atoms with Crippen LogP contribution in [0.25, 0.3) is 0 Å². The van der Waals surface area contributed by atoms with Gasteiger partial charge in [-0.15, -0.1) is 0 Å². The number of hydrogen-bond donors (Lipinski definition) is 1. The second-order valence-corrected chi connectivity index (χ2v) is 9.76. The summed E-state index contributed by atoms with van der Waals surface area (Å²) < 4.78 is 30.0. The van der Waals surface area contributed by atoms with Gasteiger partial charge in [-0.3, -0.25) is 24.5 Å². The van der Waals surface area contributed by atoms with Crippen molar-refractivity contribution in [2.45, 2.75) is 36.7 Å². The molecule has 7 nitrogen and oxygen atoms in total. The Balaban J connectivity index is 1.62. The molecular weight excluding hydrogens is 487 g/mol. The van der Waals surface area contributed by atoms with Crippen LogP contribution in [0.3, 0.4) is 0 Å². The van der Waals surface area contributed by atoms with Crippen LogP contribution in [-0.4, -0.2) is 70.9 Å². The van der Waals surface area contributed by atoms with Crippen molar-refractivity contribution < 1.29 is 28.0 Å². The number of rotatable bonds is 5. The van der Waals surface area contributed by atoms with Gasteiger partial charge in [-0.2, -0.15) is 8.78 Å². The molecule has 0 spiro atoms. The van der Waals surface area contributed by atoms with Crippen LogP contribution < -0.4 is 10.8 Å². The van der Waals surface area contributed by atoms with E-state index in [0.717, 1.165) is 16.9 Å². The summed E-state index contributed by atoms with van der Waals surface area (Å²) in [5.41, 5.74) is 1.87. The van der Waals surface area contributed by atoms with Gasteiger partial charge in [-0.25, -0.2) is 0 Å². The lowest BCUT2D eigenvalue weighted by Gasteiger charge is -2.33. The standard InChI is InChI=1S/C22H22B4ClF2N3O4/c23-14-8-12-11(17(24)31(20(12)35)15-5-6-16(33)30-19(15)34)7-13(14)18(25)32(26)21(36)22(28,29)9-1-3-10(27)4-2-9/h1-4,7-8,15,17-18H,5-6,23-26H2,(H,30,33,34). The summed E-state index contributed by atoms with van der Waals surface area (Å²) in [5.74, 6) is -7.54. The molecule has 1 fully saturated rings. The first kappa shape index (κ1) is 26.0. The number of piperidine rings is 1. The summed E-state index contributed by atoms with van der Waals surface area (Å²) in [6.07, 6.45) is 0.368. The largest absolute Gasteiger partial charge is 0.389 e. The van der Waals surface area contributed by atoms with Crippen LogP contribution >= 0.6 is 11.6 Å². The second kappa shape index (κ2) is 9.42. The lowest BCUT2D eigenvalue weighted by molar-refractivity contribution is -0.154. The van der Waals surface area contributed by atoms with E-state index in [2.05, 4.69) is 5.32 Å². The maximum absolute atomic E-state index is 15.0. The van der Waals surface area contributed by atoms with Crippen LogP contribution in [0.4, 0.5) is 8.78 Å². The molecule has 14 heteroatoms. The Bertz CT molecular complexity index is 1280. The molecule has 2 aliphatic heterocycles. The average Bonchev–Trinajstić information content (AvgIpc) is 3.06. The maximum atomic E-state index is 15.0. The Morgan fingerprint density at radius 2 is 1.83 bits per heavy atom. The number of carbonyl (C=O) groups excluding carboxylic acids is 4. The lowest BCUT2D eigenvalue weighted by atomic mass is 9.74. The van der Waals surface area contributed by atoms with Crippen molar-refractivity contribution in [3.05, 3.63) is 63.7 Å². The molecule has 36 heavy (non-hydrogen) atoms. The SMILES string of the molecule is Bc1cc2c(cc1C(B)N(B)C(=O)C(F)(F)c1ccc(Cl)cc1)C(B)N(C1CCC(=O)NC1=O)C2=O. The van der Waals surface area contributed by atoms with Crippen LogP contribution in [0.2, 0.25) is 5.02 Å². The first-order valence-electron chi connectivity index (χ1n) is 11.6. The Hall–Kier alpha value is -3.07. The summed E-state index contributed by atoms with van der Waals surface area (Å²) in [5, 5.41) is 2.56. The van der Waals surface area contributed by atoms with E-state index in [1.54, 1.807) is 35.7 Å². The number of carbonyl (C=O) groups is 4. The van der Waals surface area contributed by atoms with Crippen LogP contribution in [0.5, 0.6) is 0 Å². The van der Waals surface area contributed by atoms with Crippen molar-refractivity contribution in [3.63, 3.8) is 0 Å². The molecule has 3 atom stereocenters. The molecule has 2 aliphatic rings. The first-order valence-corrected chi connectivity index (χ1v) is 11.9. The average molecular weight is 509 g/mol. The molecule has 0 bridgehead atoms. The van der Waals surface area contributed by atoms with E-state index in [9.17, 15) is 19.2 Å². The number of hydrogen-bond acceptors (Lipinski definition) is 4. The Labute approximate surface area is 215 Å². The lowest BCUT2D eigenvalue weighted by Crippen LogP contribution is -2.53. The molecule has 4 rings (SSSR count). The molecule has 0 radical (unpaired) electrons. The van der Waals surface area contributed by atoms with Gasteiger partial charge in [0.05, 0.1) is 0 Å². The van der Waals surface area contributed by atoms with Gasteiger partial charge in [0.15, 0.2) is 0 Å². The molecule has 0 aromatic heterocycles. The van der Waals surface area contributed by atoms with Crippen molar-refractivity contribution in [3.8, 4) is 0 Å². The normalized spacial score (nSPS) is 20.6. The van der Waals surface area contributed by atoms with E-state index in [-0.39, 0.29) is 29.7 Å². The number of fused-ring (bicyclic) bond motifs is 1. The van der Waals surface area contributed by atoms with Gasteiger partial charge >= 0.3 is 5.92 Å². The minimum Gasteiger partial charge on any atom is -0.389 e. The number of benzene rings is 2. The number of nitrogens with one attached hydrogen (secondary N) is 1. The topological polar surface area (TPSA) is 86.8 Å². The quantitative estimate of drug-likeness (QED) is 0.385. The van der Waals surface area contributed by atoms with Crippen molar-refractivity contribution in [2.75, 3.05) is 0 Å². The summed E-state index contributed by atoms with van der Waals surface area (Å²) in [4.78, 5) is 52.5. The Morgan fingerprint density at radius 1 is 1.19 bits per heavy atom. The van der Waals surface area contributed by atoms with Crippen molar-refractivity contribution in [1.29, 1.82) is 0 Å². The number of alkyl halides is 2. The molecular formula is C22H22B4ClF2N3O4. The fourth-order valence-electron chi connectivity index (χ4n) is 4.94. The number of halogens is 3. The number of imide groups is 1. The zero-order valence-electron chi connectivity index (χ0n) is 20.3. The van der Waals surface area contributed by atoms with E-state index < -0.39 is 41.2 Å². The molecule has 2 aromatic rings. The molecule has 1 N–H and O–H groups in total. The minimum atomic E-state index is -3.76. The van der Waals surface area contributed by atoms with Crippen molar-refractivity contribution in [1.82, 2.24) is 15.0 Å². The van der Waals surface area contributed by atoms with Gasteiger partial charge in [-0.05, 0) is 29.7 Å². The van der Waals surface area contributed by atoms with Crippen LogP contribution in [-0.2, 0) is 20.3 Å². The van der Waals surface area contributed by atoms with Crippen LogP contribution in [0.15, 0.2) is 36.4 Å². The molecule has 4 amide bonds. The predicted molar refractivity (Wildman–Crippen MR) is 140 cm³/mol. The highest BCUT2D eigenvalue weighted by molar-refractivity contribution is 6.36. The smallest absolute Gasteiger partial charge is 0.348 e. The Morgan fingerprint density at radius 3 is 2.44 bits per heavy atom. The highest BCUT2D eigenvalue weighted by Gasteiger charge is 2.45. The second-order valence-electron chi connectivity index (χ2n) is 9.32. The third kappa shape index (κ3) is 4.34. The predicted octanol–water partition coefficient (Wildman–Crippen LogP) is -1.71. The van der Waals surface area contributed by atoms with Crippen LogP contribution in [0, 0.1) is 0 Å². The first-order chi connectivity index (χ1) is 16.8. The third-order valence-electron chi connectivity index (χ3n) is 7.14. The van der Waals surface area contributed by atoms with Gasteiger partial charge in [0.1, 0.15) is 29.6 Å². The van der Waals surface area contributed by atoms with Gasteiger partial charge in [-0.1, -0.05) is 41.3 Å². The fraction of sp³-hybridized carbons (Fsp3) is 0.273. The monoisotopic (exact) mass is 509 g/mol. The molecule has 3 unspecified atom stereocenters. The van der Waals surface area contributed by atoms with E-state index in [1.165, 1.54) is 25.0 Å². The molecule has 0 aliphatic carbocycles. The van der Waals surface area contributed by atoms with E-state index in [0.29, 0.717) is 22.2 Å².